The summed E-state index contributed by atoms with van der Waals surface area (Å²) in [5.41, 5.74) is 0.875. The van der Waals surface area contributed by atoms with Crippen molar-refractivity contribution in [1.29, 1.82) is 0 Å². The van der Waals surface area contributed by atoms with Gasteiger partial charge < -0.3 is 9.47 Å². The topological polar surface area (TPSA) is 35.5 Å². The zero-order valence-electron chi connectivity index (χ0n) is 8.49. The Hall–Kier alpha value is -1.29. The highest BCUT2D eigenvalue weighted by molar-refractivity contribution is 9.10. The molecule has 0 aliphatic rings. The fraction of sp³-hybridized carbons (Fsp3) is 0.182. The minimum atomic E-state index is -0.486. The lowest BCUT2D eigenvalue weighted by Gasteiger charge is -2.03. The largest absolute Gasteiger partial charge is 0.490 e. The van der Waals surface area contributed by atoms with Gasteiger partial charge in [-0.15, -0.1) is 0 Å². The summed E-state index contributed by atoms with van der Waals surface area (Å²) in [5.74, 6) is -0.305. The molecular formula is C11H11BrO3. The van der Waals surface area contributed by atoms with Crippen LogP contribution in [0, 0.1) is 0 Å². The number of hydrogen-bond donors (Lipinski definition) is 0. The highest BCUT2D eigenvalue weighted by atomic mass is 79.9. The predicted molar refractivity (Wildman–Crippen MR) is 61.1 cm³/mol. The van der Waals surface area contributed by atoms with Gasteiger partial charge in [0.05, 0.1) is 14.2 Å². The van der Waals surface area contributed by atoms with E-state index in [0.29, 0.717) is 0 Å². The number of esters is 1. The van der Waals surface area contributed by atoms with E-state index in [1.165, 1.54) is 14.2 Å². The molecule has 0 saturated heterocycles. The molecule has 1 aromatic carbocycles. The first kappa shape index (κ1) is 11.8. The maximum atomic E-state index is 11.2. The summed E-state index contributed by atoms with van der Waals surface area (Å²) in [6.07, 6.45) is 1.62. The number of halogens is 1. The third-order valence-electron chi connectivity index (χ3n) is 1.77. The molecule has 0 aliphatic carbocycles. The molecule has 0 aliphatic heterocycles. The van der Waals surface area contributed by atoms with Crippen LogP contribution in [0.2, 0.25) is 0 Å². The Bertz CT molecular complexity index is 368. The van der Waals surface area contributed by atoms with Gasteiger partial charge in [-0.2, -0.15) is 0 Å². The van der Waals surface area contributed by atoms with Gasteiger partial charge >= 0.3 is 5.97 Å². The van der Waals surface area contributed by atoms with Crippen LogP contribution < -0.4 is 0 Å². The van der Waals surface area contributed by atoms with E-state index in [0.717, 1.165) is 10.0 Å². The molecule has 0 bridgehead atoms. The van der Waals surface area contributed by atoms with Crippen LogP contribution in [0.25, 0.3) is 6.08 Å². The van der Waals surface area contributed by atoms with E-state index in [2.05, 4.69) is 20.7 Å². The smallest absolute Gasteiger partial charge is 0.373 e. The van der Waals surface area contributed by atoms with Crippen LogP contribution >= 0.6 is 15.9 Å². The van der Waals surface area contributed by atoms with Gasteiger partial charge in [0.1, 0.15) is 0 Å². The van der Waals surface area contributed by atoms with Crippen LogP contribution in [-0.2, 0) is 14.3 Å². The summed E-state index contributed by atoms with van der Waals surface area (Å²) in [5, 5.41) is 0. The van der Waals surface area contributed by atoms with E-state index in [-0.39, 0.29) is 5.76 Å². The molecule has 0 aromatic heterocycles. The second kappa shape index (κ2) is 5.56. The van der Waals surface area contributed by atoms with Crippen LogP contribution in [0.5, 0.6) is 0 Å². The van der Waals surface area contributed by atoms with E-state index in [1.807, 2.05) is 24.3 Å². The third kappa shape index (κ3) is 3.40. The normalized spacial score (nSPS) is 11.0. The zero-order chi connectivity index (χ0) is 11.3. The molecule has 0 unspecified atom stereocenters. The first-order chi connectivity index (χ1) is 7.17. The Labute approximate surface area is 96.8 Å². The van der Waals surface area contributed by atoms with Crippen molar-refractivity contribution in [2.45, 2.75) is 0 Å². The van der Waals surface area contributed by atoms with Gasteiger partial charge in [0.2, 0.25) is 5.76 Å². The van der Waals surface area contributed by atoms with Crippen molar-refractivity contribution in [1.82, 2.24) is 0 Å². The average molecular weight is 271 g/mol. The van der Waals surface area contributed by atoms with Crippen molar-refractivity contribution in [3.05, 3.63) is 40.1 Å². The minimum Gasteiger partial charge on any atom is -0.490 e. The molecule has 80 valence electrons. The Kier molecular flexibility index (Phi) is 4.37. The van der Waals surface area contributed by atoms with Crippen molar-refractivity contribution >= 4 is 28.0 Å². The molecular weight excluding hydrogens is 260 g/mol. The number of methoxy groups -OCH3 is 2. The Morgan fingerprint density at radius 1 is 1.20 bits per heavy atom. The van der Waals surface area contributed by atoms with Crippen molar-refractivity contribution in [2.75, 3.05) is 14.2 Å². The molecule has 1 rings (SSSR count). The molecule has 0 saturated carbocycles. The average Bonchev–Trinajstić information content (AvgIpc) is 2.27. The number of hydrogen-bond acceptors (Lipinski definition) is 3. The number of rotatable bonds is 3. The maximum absolute atomic E-state index is 11.2. The number of benzene rings is 1. The highest BCUT2D eigenvalue weighted by Crippen LogP contribution is 2.13. The first-order valence-corrected chi connectivity index (χ1v) is 5.06. The SMILES string of the molecule is COC(=O)/C(=C/c1ccc(Br)cc1)OC. The molecule has 0 heterocycles. The zero-order valence-corrected chi connectivity index (χ0v) is 10.1. The second-order valence-electron chi connectivity index (χ2n) is 2.76. The predicted octanol–water partition coefficient (Wildman–Crippen LogP) is 2.61. The van der Waals surface area contributed by atoms with Gasteiger partial charge in [-0.05, 0) is 23.8 Å². The van der Waals surface area contributed by atoms with Crippen molar-refractivity contribution in [3.63, 3.8) is 0 Å². The molecule has 0 spiro atoms. The van der Waals surface area contributed by atoms with Gasteiger partial charge in [-0.1, -0.05) is 28.1 Å². The lowest BCUT2D eigenvalue weighted by atomic mass is 10.2. The molecule has 0 radical (unpaired) electrons. The molecule has 15 heavy (non-hydrogen) atoms. The summed E-state index contributed by atoms with van der Waals surface area (Å²) < 4.78 is 10.5. The van der Waals surface area contributed by atoms with Crippen LogP contribution in [0.15, 0.2) is 34.5 Å². The van der Waals surface area contributed by atoms with Gasteiger partial charge in [0.25, 0.3) is 0 Å². The van der Waals surface area contributed by atoms with Crippen molar-refractivity contribution in [3.8, 4) is 0 Å². The van der Waals surface area contributed by atoms with Crippen molar-refractivity contribution < 1.29 is 14.3 Å². The monoisotopic (exact) mass is 270 g/mol. The van der Waals surface area contributed by atoms with Crippen molar-refractivity contribution in [2.24, 2.45) is 0 Å². The van der Waals surface area contributed by atoms with Gasteiger partial charge in [0.15, 0.2) is 0 Å². The fourth-order valence-electron chi connectivity index (χ4n) is 1.01. The van der Waals surface area contributed by atoms with Crippen LogP contribution in [0.3, 0.4) is 0 Å². The molecule has 0 fully saturated rings. The summed E-state index contributed by atoms with van der Waals surface area (Å²) >= 11 is 3.33. The standard InChI is InChI=1S/C11H11BrO3/c1-14-10(11(13)15-2)7-8-3-5-9(12)6-4-8/h3-7H,1-2H3/b10-7-. The summed E-state index contributed by atoms with van der Waals surface area (Å²) in [6.45, 7) is 0. The lowest BCUT2D eigenvalue weighted by molar-refractivity contribution is -0.139. The molecule has 0 N–H and O–H groups in total. The summed E-state index contributed by atoms with van der Waals surface area (Å²) in [4.78, 5) is 11.2. The van der Waals surface area contributed by atoms with Gasteiger partial charge in [-0.25, -0.2) is 4.79 Å². The van der Waals surface area contributed by atoms with Crippen LogP contribution in [0.4, 0.5) is 0 Å². The van der Waals surface area contributed by atoms with Gasteiger partial charge in [-0.3, -0.25) is 0 Å². The second-order valence-corrected chi connectivity index (χ2v) is 3.67. The molecule has 4 heteroatoms. The highest BCUT2D eigenvalue weighted by Gasteiger charge is 2.08. The third-order valence-corrected chi connectivity index (χ3v) is 2.30. The number of carbonyl (C=O) groups excluding carboxylic acids is 1. The fourth-order valence-corrected chi connectivity index (χ4v) is 1.28. The van der Waals surface area contributed by atoms with E-state index in [1.54, 1.807) is 6.08 Å². The van der Waals surface area contributed by atoms with Crippen LogP contribution in [-0.4, -0.2) is 20.2 Å². The van der Waals surface area contributed by atoms with E-state index in [9.17, 15) is 4.79 Å². The minimum absolute atomic E-state index is 0.180. The molecule has 0 atom stereocenters. The number of ether oxygens (including phenoxy) is 2. The summed E-state index contributed by atoms with van der Waals surface area (Å²) in [7, 11) is 2.75. The Morgan fingerprint density at radius 2 is 1.80 bits per heavy atom. The van der Waals surface area contributed by atoms with E-state index < -0.39 is 5.97 Å². The molecule has 0 amide bonds. The van der Waals surface area contributed by atoms with E-state index in [4.69, 9.17) is 4.74 Å². The summed E-state index contributed by atoms with van der Waals surface area (Å²) in [6, 6.07) is 7.50. The molecule has 3 nitrogen and oxygen atoms in total. The quantitative estimate of drug-likeness (QED) is 0.481. The van der Waals surface area contributed by atoms with E-state index >= 15 is 0 Å². The van der Waals surface area contributed by atoms with Gasteiger partial charge in [0, 0.05) is 4.47 Å². The number of carbonyl (C=O) groups is 1. The Balaban J connectivity index is 2.93. The lowest BCUT2D eigenvalue weighted by Crippen LogP contribution is -2.05. The van der Waals surface area contributed by atoms with Crippen LogP contribution in [0.1, 0.15) is 5.56 Å². The first-order valence-electron chi connectivity index (χ1n) is 4.27. The molecule has 1 aromatic rings. The Morgan fingerprint density at radius 3 is 2.27 bits per heavy atom. The maximum Gasteiger partial charge on any atom is 0.373 e.